The van der Waals surface area contributed by atoms with Crippen molar-refractivity contribution < 1.29 is 9.53 Å². The number of hydrogen-bond acceptors (Lipinski definition) is 5. The standard InChI is InChI=1S/C14H19N5O2/c1-14(2,3)21-13(20)16-8-12-9-17-18-19(12)11-6-4-5-10(15)7-11/h4-7,9H,8,15H2,1-3H3,(H,16,20). The Morgan fingerprint density at radius 1 is 1.43 bits per heavy atom. The second-order valence-corrected chi connectivity index (χ2v) is 5.59. The molecule has 0 radical (unpaired) electrons. The third kappa shape index (κ3) is 4.20. The van der Waals surface area contributed by atoms with Crippen molar-refractivity contribution >= 4 is 11.8 Å². The first kappa shape index (κ1) is 14.8. The topological polar surface area (TPSA) is 95.1 Å². The highest BCUT2D eigenvalue weighted by molar-refractivity contribution is 5.67. The number of hydrogen-bond donors (Lipinski definition) is 2. The summed E-state index contributed by atoms with van der Waals surface area (Å²) in [6.07, 6.45) is 1.10. The van der Waals surface area contributed by atoms with Crippen LogP contribution >= 0.6 is 0 Å². The molecule has 2 rings (SSSR count). The van der Waals surface area contributed by atoms with Crippen LogP contribution in [0, 0.1) is 0 Å². The third-order valence-corrected chi connectivity index (χ3v) is 2.55. The molecule has 0 saturated carbocycles. The van der Waals surface area contributed by atoms with Gasteiger partial charge in [0.2, 0.25) is 0 Å². The molecule has 2 aromatic rings. The Labute approximate surface area is 123 Å². The van der Waals surface area contributed by atoms with Gasteiger partial charge in [0.05, 0.1) is 24.1 Å². The van der Waals surface area contributed by atoms with Crippen molar-refractivity contribution in [1.29, 1.82) is 0 Å². The summed E-state index contributed by atoms with van der Waals surface area (Å²) in [5.41, 5.74) is 7.37. The van der Waals surface area contributed by atoms with Crippen molar-refractivity contribution in [2.75, 3.05) is 5.73 Å². The Bertz CT molecular complexity index is 630. The molecule has 0 unspecified atom stereocenters. The number of amides is 1. The van der Waals surface area contributed by atoms with E-state index in [4.69, 9.17) is 10.5 Å². The number of carbonyl (C=O) groups excluding carboxylic acids is 1. The zero-order chi connectivity index (χ0) is 15.5. The number of alkyl carbamates (subject to hydrolysis) is 1. The van der Waals surface area contributed by atoms with Crippen molar-refractivity contribution in [2.45, 2.75) is 32.9 Å². The van der Waals surface area contributed by atoms with Crippen LogP contribution in [0.2, 0.25) is 0 Å². The van der Waals surface area contributed by atoms with Gasteiger partial charge in [0.25, 0.3) is 0 Å². The predicted molar refractivity (Wildman–Crippen MR) is 78.8 cm³/mol. The van der Waals surface area contributed by atoms with Crippen LogP contribution in [0.25, 0.3) is 5.69 Å². The first-order chi connectivity index (χ1) is 9.85. The Balaban J connectivity index is 2.06. The number of ether oxygens (including phenoxy) is 1. The molecule has 1 amide bonds. The van der Waals surface area contributed by atoms with Crippen LogP contribution in [0.15, 0.2) is 30.5 Å². The van der Waals surface area contributed by atoms with Gasteiger partial charge in [0.15, 0.2) is 0 Å². The van der Waals surface area contributed by atoms with Crippen molar-refractivity contribution in [3.8, 4) is 5.69 Å². The molecule has 0 bridgehead atoms. The zero-order valence-electron chi connectivity index (χ0n) is 12.3. The van der Waals surface area contributed by atoms with Gasteiger partial charge in [-0.2, -0.15) is 0 Å². The van der Waals surface area contributed by atoms with E-state index in [0.29, 0.717) is 5.69 Å². The van der Waals surface area contributed by atoms with Gasteiger partial charge in [0, 0.05) is 5.69 Å². The molecular weight excluding hydrogens is 270 g/mol. The van der Waals surface area contributed by atoms with Gasteiger partial charge in [-0.3, -0.25) is 0 Å². The van der Waals surface area contributed by atoms with E-state index in [-0.39, 0.29) is 6.54 Å². The molecule has 7 heteroatoms. The van der Waals surface area contributed by atoms with Gasteiger partial charge in [-0.25, -0.2) is 9.48 Å². The van der Waals surface area contributed by atoms with Crippen LogP contribution in [0.1, 0.15) is 26.5 Å². The summed E-state index contributed by atoms with van der Waals surface area (Å²) in [6.45, 7) is 5.69. The van der Waals surface area contributed by atoms with Crippen molar-refractivity contribution in [1.82, 2.24) is 20.3 Å². The summed E-state index contributed by atoms with van der Waals surface area (Å²) < 4.78 is 6.80. The van der Waals surface area contributed by atoms with Gasteiger partial charge in [-0.05, 0) is 39.0 Å². The van der Waals surface area contributed by atoms with Gasteiger partial charge < -0.3 is 15.8 Å². The molecule has 0 spiro atoms. The summed E-state index contributed by atoms with van der Waals surface area (Å²) in [5.74, 6) is 0. The molecule has 0 saturated heterocycles. The summed E-state index contributed by atoms with van der Waals surface area (Å²) in [5, 5.41) is 10.5. The average Bonchev–Trinajstić information content (AvgIpc) is 2.82. The summed E-state index contributed by atoms with van der Waals surface area (Å²) in [6, 6.07) is 7.27. The Morgan fingerprint density at radius 3 is 2.86 bits per heavy atom. The molecule has 1 aromatic heterocycles. The maximum atomic E-state index is 11.7. The predicted octanol–water partition coefficient (Wildman–Crippen LogP) is 1.87. The van der Waals surface area contributed by atoms with E-state index in [1.54, 1.807) is 23.0 Å². The van der Waals surface area contributed by atoms with Gasteiger partial charge in [-0.1, -0.05) is 11.3 Å². The Kier molecular flexibility index (Phi) is 4.11. The highest BCUT2D eigenvalue weighted by Gasteiger charge is 2.16. The SMILES string of the molecule is CC(C)(C)OC(=O)NCc1cnnn1-c1cccc(N)c1. The molecule has 1 heterocycles. The number of anilines is 1. The Hall–Kier alpha value is -2.57. The van der Waals surface area contributed by atoms with Crippen molar-refractivity contribution in [3.05, 3.63) is 36.2 Å². The minimum absolute atomic E-state index is 0.261. The molecule has 3 N–H and O–H groups in total. The van der Waals surface area contributed by atoms with E-state index in [1.807, 2.05) is 32.9 Å². The highest BCUT2D eigenvalue weighted by Crippen LogP contribution is 2.13. The van der Waals surface area contributed by atoms with E-state index in [1.165, 1.54) is 0 Å². The number of nitrogens with zero attached hydrogens (tertiary/aromatic N) is 3. The quantitative estimate of drug-likeness (QED) is 0.841. The number of aromatic nitrogens is 3. The fourth-order valence-corrected chi connectivity index (χ4v) is 1.73. The number of benzene rings is 1. The lowest BCUT2D eigenvalue weighted by Gasteiger charge is -2.19. The van der Waals surface area contributed by atoms with Crippen LogP contribution in [-0.2, 0) is 11.3 Å². The van der Waals surface area contributed by atoms with Gasteiger partial charge >= 0.3 is 6.09 Å². The van der Waals surface area contributed by atoms with Crippen molar-refractivity contribution in [3.63, 3.8) is 0 Å². The van der Waals surface area contributed by atoms with Gasteiger partial charge in [-0.15, -0.1) is 5.10 Å². The number of nitrogens with one attached hydrogen (secondary N) is 1. The second kappa shape index (κ2) is 5.82. The first-order valence-corrected chi connectivity index (χ1v) is 6.57. The van der Waals surface area contributed by atoms with Gasteiger partial charge in [0.1, 0.15) is 5.60 Å². The number of carbonyl (C=O) groups is 1. The maximum absolute atomic E-state index is 11.7. The molecule has 0 atom stereocenters. The number of nitrogen functional groups attached to an aromatic ring is 1. The molecule has 21 heavy (non-hydrogen) atoms. The summed E-state index contributed by atoms with van der Waals surface area (Å²) in [4.78, 5) is 11.7. The van der Waals surface area contributed by atoms with Crippen LogP contribution in [-0.4, -0.2) is 26.7 Å². The lowest BCUT2D eigenvalue weighted by Crippen LogP contribution is -2.32. The average molecular weight is 289 g/mol. The molecule has 0 aliphatic rings. The lowest BCUT2D eigenvalue weighted by atomic mass is 10.2. The monoisotopic (exact) mass is 289 g/mol. The van der Waals surface area contributed by atoms with E-state index in [9.17, 15) is 4.79 Å². The van der Waals surface area contributed by atoms with Crippen molar-refractivity contribution in [2.24, 2.45) is 0 Å². The van der Waals surface area contributed by atoms with E-state index >= 15 is 0 Å². The molecule has 0 aliphatic heterocycles. The normalized spacial score (nSPS) is 11.2. The second-order valence-electron chi connectivity index (χ2n) is 5.59. The molecule has 1 aromatic carbocycles. The summed E-state index contributed by atoms with van der Waals surface area (Å²) in [7, 11) is 0. The smallest absolute Gasteiger partial charge is 0.407 e. The first-order valence-electron chi connectivity index (χ1n) is 6.57. The molecule has 7 nitrogen and oxygen atoms in total. The largest absolute Gasteiger partial charge is 0.444 e. The lowest BCUT2D eigenvalue weighted by molar-refractivity contribution is 0.0522. The third-order valence-electron chi connectivity index (χ3n) is 2.55. The highest BCUT2D eigenvalue weighted by atomic mass is 16.6. The minimum atomic E-state index is -0.531. The van der Waals surface area contributed by atoms with Crippen LogP contribution < -0.4 is 11.1 Å². The number of rotatable bonds is 3. The van der Waals surface area contributed by atoms with E-state index < -0.39 is 11.7 Å². The molecular formula is C14H19N5O2. The maximum Gasteiger partial charge on any atom is 0.407 e. The van der Waals surface area contributed by atoms with Crippen LogP contribution in [0.3, 0.4) is 0 Å². The minimum Gasteiger partial charge on any atom is -0.444 e. The van der Waals surface area contributed by atoms with Crippen LogP contribution in [0.4, 0.5) is 10.5 Å². The Morgan fingerprint density at radius 2 is 2.19 bits per heavy atom. The fraction of sp³-hybridized carbons (Fsp3) is 0.357. The van der Waals surface area contributed by atoms with Crippen LogP contribution in [0.5, 0.6) is 0 Å². The molecule has 0 aliphatic carbocycles. The van der Waals surface area contributed by atoms with E-state index in [2.05, 4.69) is 15.6 Å². The van der Waals surface area contributed by atoms with E-state index in [0.717, 1.165) is 11.4 Å². The molecule has 0 fully saturated rings. The zero-order valence-corrected chi connectivity index (χ0v) is 12.3. The fourth-order valence-electron chi connectivity index (χ4n) is 1.73. The molecule has 112 valence electrons. The number of nitrogens with two attached hydrogens (primary N) is 1. The summed E-state index contributed by atoms with van der Waals surface area (Å²) >= 11 is 0.